The molecule has 30 heavy (non-hydrogen) atoms. The number of aliphatic imine (C=N–C) groups is 1. The lowest BCUT2D eigenvalue weighted by Gasteiger charge is -2.40. The van der Waals surface area contributed by atoms with Crippen molar-refractivity contribution in [2.24, 2.45) is 4.99 Å². The van der Waals surface area contributed by atoms with E-state index in [1.165, 1.54) is 17.3 Å². The van der Waals surface area contributed by atoms with Gasteiger partial charge in [-0.3, -0.25) is 4.79 Å². The third-order valence-electron chi connectivity index (χ3n) is 5.31. The van der Waals surface area contributed by atoms with Gasteiger partial charge in [-0.1, -0.05) is 35.3 Å². The van der Waals surface area contributed by atoms with Crippen molar-refractivity contribution in [2.75, 3.05) is 11.9 Å². The van der Waals surface area contributed by atoms with Crippen LogP contribution < -0.4 is 10.2 Å². The zero-order chi connectivity index (χ0) is 21.6. The lowest BCUT2D eigenvalue weighted by Crippen LogP contribution is -2.42. The Morgan fingerprint density at radius 1 is 1.20 bits per heavy atom. The number of rotatable bonds is 2. The van der Waals surface area contributed by atoms with Gasteiger partial charge in [-0.05, 0) is 80.1 Å². The molecule has 0 radical (unpaired) electrons. The third kappa shape index (κ3) is 4.02. The van der Waals surface area contributed by atoms with Crippen LogP contribution in [0.25, 0.3) is 11.6 Å². The topological polar surface area (TPSA) is 44.7 Å². The molecule has 154 valence electrons. The lowest BCUT2D eigenvalue weighted by molar-refractivity contribution is -0.115. The van der Waals surface area contributed by atoms with E-state index in [9.17, 15) is 4.79 Å². The van der Waals surface area contributed by atoms with Gasteiger partial charge < -0.3 is 10.2 Å². The van der Waals surface area contributed by atoms with E-state index < -0.39 is 0 Å². The Kier molecular flexibility index (Phi) is 5.47. The number of nitrogens with one attached hydrogen (secondary N) is 1. The van der Waals surface area contributed by atoms with Crippen molar-refractivity contribution in [3.8, 4) is 0 Å². The highest BCUT2D eigenvalue weighted by Crippen LogP contribution is 2.41. The lowest BCUT2D eigenvalue weighted by atomic mass is 9.88. The molecule has 1 saturated heterocycles. The standard InChI is InChI=1S/C23H21Cl2N3OS/c1-13-12-23(2,3)28(4)19-11-18(25)14(8-17(13)19)9-20-21(29)27-22(30-20)26-16-7-5-6-15(24)10-16/h5-12H,1-4H3,(H,26,27,29)/b20-9+. The SMILES string of the molecule is CC1=CC(C)(C)N(C)c2cc(Cl)c(/C=C3/SC(=Nc4cccc(Cl)c4)NC3=O)cc21. The number of hydrogen-bond donors (Lipinski definition) is 1. The quantitative estimate of drug-likeness (QED) is 0.522. The summed E-state index contributed by atoms with van der Waals surface area (Å²) in [5, 5.41) is 4.52. The van der Waals surface area contributed by atoms with E-state index in [-0.39, 0.29) is 11.4 Å². The van der Waals surface area contributed by atoms with Crippen molar-refractivity contribution in [1.29, 1.82) is 0 Å². The molecule has 4 rings (SSSR count). The number of likely N-dealkylation sites (N-methyl/N-ethyl adjacent to an activating group) is 1. The van der Waals surface area contributed by atoms with E-state index in [1.807, 2.05) is 30.3 Å². The Hall–Kier alpha value is -2.21. The first-order valence-electron chi connectivity index (χ1n) is 9.46. The molecule has 0 aromatic heterocycles. The van der Waals surface area contributed by atoms with Crippen molar-refractivity contribution in [3.63, 3.8) is 0 Å². The van der Waals surface area contributed by atoms with Crippen molar-refractivity contribution in [3.05, 3.63) is 68.6 Å². The number of nitrogens with zero attached hydrogens (tertiary/aromatic N) is 2. The molecule has 0 atom stereocenters. The number of amidine groups is 1. The largest absolute Gasteiger partial charge is 0.365 e. The van der Waals surface area contributed by atoms with Gasteiger partial charge in [0.2, 0.25) is 0 Å². The maximum Gasteiger partial charge on any atom is 0.264 e. The molecule has 2 heterocycles. The highest BCUT2D eigenvalue weighted by Gasteiger charge is 2.30. The van der Waals surface area contributed by atoms with Gasteiger partial charge in [0.05, 0.1) is 16.1 Å². The number of benzene rings is 2. The van der Waals surface area contributed by atoms with E-state index >= 15 is 0 Å². The molecule has 0 saturated carbocycles. The molecule has 1 fully saturated rings. The van der Waals surface area contributed by atoms with Gasteiger partial charge in [0.1, 0.15) is 0 Å². The van der Waals surface area contributed by atoms with Crippen LogP contribution in [-0.2, 0) is 4.79 Å². The zero-order valence-corrected chi connectivity index (χ0v) is 19.4. The number of anilines is 1. The molecule has 0 bridgehead atoms. The number of carbonyl (C=O) groups is 1. The molecule has 1 amide bonds. The Morgan fingerprint density at radius 3 is 2.70 bits per heavy atom. The number of fused-ring (bicyclic) bond motifs is 1. The minimum absolute atomic E-state index is 0.0900. The Bertz CT molecular complexity index is 1150. The average Bonchev–Trinajstić information content (AvgIpc) is 2.99. The van der Waals surface area contributed by atoms with E-state index in [1.54, 1.807) is 12.1 Å². The molecule has 1 N–H and O–H groups in total. The molecule has 2 aromatic rings. The van der Waals surface area contributed by atoms with Crippen LogP contribution in [0.2, 0.25) is 10.0 Å². The maximum atomic E-state index is 12.5. The first-order valence-corrected chi connectivity index (χ1v) is 11.0. The summed E-state index contributed by atoms with van der Waals surface area (Å²) in [5.41, 5.74) is 4.79. The van der Waals surface area contributed by atoms with Gasteiger partial charge in [0, 0.05) is 28.3 Å². The van der Waals surface area contributed by atoms with Gasteiger partial charge in [-0.15, -0.1) is 0 Å². The smallest absolute Gasteiger partial charge is 0.264 e. The number of hydrogen-bond acceptors (Lipinski definition) is 4. The fourth-order valence-electron chi connectivity index (χ4n) is 3.58. The normalized spacial score (nSPS) is 20.4. The third-order valence-corrected chi connectivity index (χ3v) is 6.78. The van der Waals surface area contributed by atoms with Gasteiger partial charge >= 0.3 is 0 Å². The summed E-state index contributed by atoms with van der Waals surface area (Å²) in [7, 11) is 2.06. The number of allylic oxidation sites excluding steroid dienone is 1. The summed E-state index contributed by atoms with van der Waals surface area (Å²) in [6.45, 7) is 6.44. The van der Waals surface area contributed by atoms with Crippen molar-refractivity contribution < 1.29 is 4.79 Å². The molecule has 2 aromatic carbocycles. The number of halogens is 2. The molecule has 0 spiro atoms. The summed E-state index contributed by atoms with van der Waals surface area (Å²) in [6, 6.07) is 11.2. The van der Waals surface area contributed by atoms with Crippen LogP contribution in [-0.4, -0.2) is 23.7 Å². The molecular formula is C23H21Cl2N3OS. The van der Waals surface area contributed by atoms with Crippen molar-refractivity contribution in [2.45, 2.75) is 26.3 Å². The minimum atomic E-state index is -0.194. The fourth-order valence-corrected chi connectivity index (χ4v) is 4.81. The maximum absolute atomic E-state index is 12.5. The average molecular weight is 458 g/mol. The van der Waals surface area contributed by atoms with Crippen LogP contribution in [0.4, 0.5) is 11.4 Å². The van der Waals surface area contributed by atoms with E-state index in [2.05, 4.69) is 49.1 Å². The van der Waals surface area contributed by atoms with Gasteiger partial charge in [-0.2, -0.15) is 0 Å². The van der Waals surface area contributed by atoms with E-state index in [0.29, 0.717) is 25.8 Å². The molecule has 0 unspecified atom stereocenters. The Balaban J connectivity index is 1.67. The molecule has 2 aliphatic heterocycles. The minimum Gasteiger partial charge on any atom is -0.365 e. The van der Waals surface area contributed by atoms with Crippen LogP contribution in [0.5, 0.6) is 0 Å². The zero-order valence-electron chi connectivity index (χ0n) is 17.1. The second kappa shape index (κ2) is 7.80. The van der Waals surface area contributed by atoms with Crippen LogP contribution in [0, 0.1) is 0 Å². The van der Waals surface area contributed by atoms with Crippen LogP contribution in [0.1, 0.15) is 31.9 Å². The predicted octanol–water partition coefficient (Wildman–Crippen LogP) is 6.52. The van der Waals surface area contributed by atoms with Crippen LogP contribution in [0.15, 0.2) is 52.4 Å². The first kappa shape index (κ1) is 21.0. The molecule has 7 heteroatoms. The summed E-state index contributed by atoms with van der Waals surface area (Å²) in [5.74, 6) is -0.194. The van der Waals surface area contributed by atoms with Crippen molar-refractivity contribution in [1.82, 2.24) is 5.32 Å². The van der Waals surface area contributed by atoms with E-state index in [0.717, 1.165) is 16.8 Å². The molecular weight excluding hydrogens is 437 g/mol. The van der Waals surface area contributed by atoms with Crippen LogP contribution in [0.3, 0.4) is 0 Å². The first-order chi connectivity index (χ1) is 14.1. The summed E-state index contributed by atoms with van der Waals surface area (Å²) >= 11 is 13.9. The molecule has 2 aliphatic rings. The number of carbonyl (C=O) groups excluding carboxylic acids is 1. The second-order valence-electron chi connectivity index (χ2n) is 7.89. The summed E-state index contributed by atoms with van der Waals surface area (Å²) in [4.78, 5) is 19.7. The van der Waals surface area contributed by atoms with E-state index in [4.69, 9.17) is 23.2 Å². The predicted molar refractivity (Wildman–Crippen MR) is 130 cm³/mol. The van der Waals surface area contributed by atoms with Gasteiger partial charge in [-0.25, -0.2) is 4.99 Å². The fraction of sp³-hybridized carbons (Fsp3) is 0.217. The second-order valence-corrected chi connectivity index (χ2v) is 9.77. The Morgan fingerprint density at radius 2 is 1.97 bits per heavy atom. The van der Waals surface area contributed by atoms with Crippen LogP contribution >= 0.6 is 35.0 Å². The molecule has 0 aliphatic carbocycles. The number of amides is 1. The Labute approximate surface area is 190 Å². The highest BCUT2D eigenvalue weighted by molar-refractivity contribution is 8.18. The monoisotopic (exact) mass is 457 g/mol. The van der Waals surface area contributed by atoms with Crippen molar-refractivity contribution >= 4 is 69.1 Å². The summed E-state index contributed by atoms with van der Waals surface area (Å²) < 4.78 is 0. The summed E-state index contributed by atoms with van der Waals surface area (Å²) in [6.07, 6.45) is 4.06. The van der Waals surface area contributed by atoms with Gasteiger partial charge in [0.15, 0.2) is 5.17 Å². The highest BCUT2D eigenvalue weighted by atomic mass is 35.5. The van der Waals surface area contributed by atoms with Gasteiger partial charge in [0.25, 0.3) is 5.91 Å². The molecule has 4 nitrogen and oxygen atoms in total. The number of thioether (sulfide) groups is 1.